The van der Waals surface area contributed by atoms with Gasteiger partial charge in [-0.2, -0.15) is 0 Å². The number of aliphatic hydroxyl groups is 1. The van der Waals surface area contributed by atoms with Crippen LogP contribution in [0, 0.1) is 18.8 Å². The molecule has 0 aromatic heterocycles. The lowest BCUT2D eigenvalue weighted by molar-refractivity contribution is 0.258. The van der Waals surface area contributed by atoms with Gasteiger partial charge in [0.05, 0.1) is 24.0 Å². The molecule has 0 saturated heterocycles. The highest BCUT2D eigenvalue weighted by Gasteiger charge is 2.12. The standard InChI is InChI=1S/C25H36N2O.C10H20/c1-9-19(7)13-22(10-2)25(18(5)6)27-23-14-21(12-11-20(23)8)15-26-24(16-28)17(3)4;1-4-7-9-10(6-3)8-5-2/h9-14,18,24,26,28H,1,3,15-16H2,2,4-8H3;4,10H,1,5-9H2,2-3H3/b19-13-,22-10+,27-25?;. The Kier molecular flexibility index (Phi) is 19.1. The summed E-state index contributed by atoms with van der Waals surface area (Å²) in [6.07, 6.45) is 14.7. The number of hydrogen-bond acceptors (Lipinski definition) is 3. The van der Waals surface area contributed by atoms with Crippen molar-refractivity contribution in [2.75, 3.05) is 6.61 Å². The molecule has 0 radical (unpaired) electrons. The average molecular weight is 521 g/mol. The summed E-state index contributed by atoms with van der Waals surface area (Å²) in [5.74, 6) is 1.24. The molecule has 2 N–H and O–H groups in total. The maximum atomic E-state index is 9.47. The molecular formula is C35H56N2O. The van der Waals surface area contributed by atoms with Gasteiger partial charge in [0.1, 0.15) is 0 Å². The highest BCUT2D eigenvalue weighted by atomic mass is 16.3. The zero-order valence-electron chi connectivity index (χ0n) is 25.7. The number of rotatable bonds is 16. The van der Waals surface area contributed by atoms with Crippen LogP contribution in [0.3, 0.4) is 0 Å². The van der Waals surface area contributed by atoms with Gasteiger partial charge in [-0.3, -0.25) is 4.99 Å². The third-order valence-electron chi connectivity index (χ3n) is 6.76. The minimum atomic E-state index is -0.0962. The van der Waals surface area contributed by atoms with E-state index in [4.69, 9.17) is 4.99 Å². The van der Waals surface area contributed by atoms with Crippen LogP contribution in [0.25, 0.3) is 0 Å². The van der Waals surface area contributed by atoms with Gasteiger partial charge in [-0.25, -0.2) is 0 Å². The second-order valence-electron chi connectivity index (χ2n) is 10.5. The summed E-state index contributed by atoms with van der Waals surface area (Å²) in [5.41, 5.74) is 7.48. The van der Waals surface area contributed by atoms with E-state index < -0.39 is 0 Å². The van der Waals surface area contributed by atoms with E-state index in [0.29, 0.717) is 12.5 Å². The number of benzene rings is 1. The van der Waals surface area contributed by atoms with Crippen LogP contribution in [-0.2, 0) is 6.54 Å². The predicted octanol–water partition coefficient (Wildman–Crippen LogP) is 9.61. The molecule has 2 atom stereocenters. The molecule has 0 aliphatic heterocycles. The molecular weight excluding hydrogens is 464 g/mol. The SMILES string of the molecule is C=C/C(C)=C\C(=C/C)C(=Nc1cc(CNC(CO)C(=C)C)ccc1C)C(C)C.C=CCCC(CC)CCC. The normalized spacial score (nSPS) is 14.0. The van der Waals surface area contributed by atoms with Crippen molar-refractivity contribution in [2.45, 2.75) is 100 Å². The Morgan fingerprint density at radius 3 is 2.29 bits per heavy atom. The van der Waals surface area contributed by atoms with Gasteiger partial charge in [0.25, 0.3) is 0 Å². The molecule has 1 aromatic rings. The monoisotopic (exact) mass is 520 g/mol. The van der Waals surface area contributed by atoms with Gasteiger partial charge < -0.3 is 10.4 Å². The van der Waals surface area contributed by atoms with E-state index in [1.807, 2.05) is 32.9 Å². The summed E-state index contributed by atoms with van der Waals surface area (Å²) < 4.78 is 0. The summed E-state index contributed by atoms with van der Waals surface area (Å²) in [6, 6.07) is 6.22. The lowest BCUT2D eigenvalue weighted by atomic mass is 9.95. The summed E-state index contributed by atoms with van der Waals surface area (Å²) >= 11 is 0. The number of nitrogens with one attached hydrogen (secondary N) is 1. The first-order valence-corrected chi connectivity index (χ1v) is 14.3. The van der Waals surface area contributed by atoms with Crippen LogP contribution in [0.2, 0.25) is 0 Å². The quantitative estimate of drug-likeness (QED) is 0.129. The van der Waals surface area contributed by atoms with E-state index in [1.165, 1.54) is 32.1 Å². The van der Waals surface area contributed by atoms with E-state index in [1.54, 1.807) is 0 Å². The van der Waals surface area contributed by atoms with E-state index in [0.717, 1.165) is 45.2 Å². The third kappa shape index (κ3) is 13.9. The third-order valence-corrected chi connectivity index (χ3v) is 6.76. The smallest absolute Gasteiger partial charge is 0.0665 e. The molecule has 0 amide bonds. The zero-order chi connectivity index (χ0) is 29.1. The molecule has 3 heteroatoms. The lowest BCUT2D eigenvalue weighted by Crippen LogP contribution is -2.32. The molecule has 0 aliphatic rings. The van der Waals surface area contributed by atoms with Gasteiger partial charge in [0, 0.05) is 6.54 Å². The topological polar surface area (TPSA) is 44.6 Å². The van der Waals surface area contributed by atoms with Gasteiger partial charge in [-0.15, -0.1) is 6.58 Å². The number of aliphatic hydroxyl groups excluding tert-OH is 1. The number of aliphatic imine (C=N–C) groups is 1. The molecule has 2 unspecified atom stereocenters. The van der Waals surface area contributed by atoms with Crippen LogP contribution >= 0.6 is 0 Å². The average Bonchev–Trinajstić information content (AvgIpc) is 2.90. The maximum Gasteiger partial charge on any atom is 0.0665 e. The second kappa shape index (κ2) is 20.5. The minimum absolute atomic E-state index is 0.0450. The molecule has 0 saturated carbocycles. The van der Waals surface area contributed by atoms with Crippen molar-refractivity contribution in [3.8, 4) is 0 Å². The lowest BCUT2D eigenvalue weighted by Gasteiger charge is -2.17. The van der Waals surface area contributed by atoms with Gasteiger partial charge in [-0.1, -0.05) is 108 Å². The zero-order valence-corrected chi connectivity index (χ0v) is 25.7. The molecule has 0 fully saturated rings. The van der Waals surface area contributed by atoms with Crippen LogP contribution in [-0.4, -0.2) is 23.5 Å². The number of allylic oxidation sites excluding steroid dienone is 6. The Labute approximate surface area is 235 Å². The Hall–Kier alpha value is -2.49. The fraction of sp³-hybridized carbons (Fsp3) is 0.514. The molecule has 38 heavy (non-hydrogen) atoms. The first-order chi connectivity index (χ1) is 18.1. The summed E-state index contributed by atoms with van der Waals surface area (Å²) in [6.45, 7) is 29.2. The first kappa shape index (κ1) is 35.5. The molecule has 212 valence electrons. The van der Waals surface area contributed by atoms with Crippen LogP contribution in [0.1, 0.15) is 91.7 Å². The molecule has 1 rings (SSSR count). The van der Waals surface area contributed by atoms with E-state index >= 15 is 0 Å². The van der Waals surface area contributed by atoms with Crippen molar-refractivity contribution in [3.05, 3.63) is 90.1 Å². The fourth-order valence-electron chi connectivity index (χ4n) is 4.10. The Morgan fingerprint density at radius 1 is 1.13 bits per heavy atom. The highest BCUT2D eigenvalue weighted by molar-refractivity contribution is 6.05. The largest absolute Gasteiger partial charge is 0.394 e. The predicted molar refractivity (Wildman–Crippen MR) is 171 cm³/mol. The summed E-state index contributed by atoms with van der Waals surface area (Å²) in [4.78, 5) is 5.03. The molecule has 0 aliphatic carbocycles. The first-order valence-electron chi connectivity index (χ1n) is 14.3. The van der Waals surface area contributed by atoms with Gasteiger partial charge in [0.15, 0.2) is 0 Å². The van der Waals surface area contributed by atoms with Gasteiger partial charge >= 0.3 is 0 Å². The van der Waals surface area contributed by atoms with Crippen molar-refractivity contribution in [1.82, 2.24) is 5.32 Å². The van der Waals surface area contributed by atoms with Crippen LogP contribution < -0.4 is 5.32 Å². The number of hydrogen-bond donors (Lipinski definition) is 2. The fourth-order valence-corrected chi connectivity index (χ4v) is 4.10. The molecule has 0 bridgehead atoms. The summed E-state index contributed by atoms with van der Waals surface area (Å²) in [5, 5.41) is 12.8. The summed E-state index contributed by atoms with van der Waals surface area (Å²) in [7, 11) is 0. The molecule has 0 spiro atoms. The minimum Gasteiger partial charge on any atom is -0.394 e. The maximum absolute atomic E-state index is 9.47. The highest BCUT2D eigenvalue weighted by Crippen LogP contribution is 2.24. The Morgan fingerprint density at radius 2 is 1.82 bits per heavy atom. The Balaban J connectivity index is 0.00000115. The van der Waals surface area contributed by atoms with Gasteiger partial charge in [-0.05, 0) is 75.1 Å². The van der Waals surface area contributed by atoms with Crippen molar-refractivity contribution < 1.29 is 5.11 Å². The molecule has 0 heterocycles. The van der Waals surface area contributed by atoms with Gasteiger partial charge in [0.2, 0.25) is 0 Å². The van der Waals surface area contributed by atoms with E-state index in [9.17, 15) is 5.11 Å². The Bertz CT molecular complexity index is 949. The van der Waals surface area contributed by atoms with Crippen LogP contribution in [0.4, 0.5) is 5.69 Å². The van der Waals surface area contributed by atoms with Crippen LogP contribution in [0.5, 0.6) is 0 Å². The number of aryl methyl sites for hydroxylation is 1. The van der Waals surface area contributed by atoms with Crippen molar-refractivity contribution >= 4 is 11.4 Å². The second-order valence-corrected chi connectivity index (χ2v) is 10.5. The van der Waals surface area contributed by atoms with E-state index in [-0.39, 0.29) is 12.6 Å². The van der Waals surface area contributed by atoms with Crippen LogP contribution in [0.15, 0.2) is 84.0 Å². The molecule has 1 aromatic carbocycles. The van der Waals surface area contributed by atoms with Crippen molar-refractivity contribution in [3.63, 3.8) is 0 Å². The van der Waals surface area contributed by atoms with Crippen molar-refractivity contribution in [2.24, 2.45) is 16.8 Å². The van der Waals surface area contributed by atoms with Crippen molar-refractivity contribution in [1.29, 1.82) is 0 Å². The molecule has 3 nitrogen and oxygen atoms in total. The number of nitrogens with zero attached hydrogens (tertiary/aromatic N) is 1. The van der Waals surface area contributed by atoms with E-state index in [2.05, 4.69) is 90.0 Å².